The van der Waals surface area contributed by atoms with Crippen LogP contribution in [-0.4, -0.2) is 23.1 Å². The van der Waals surface area contributed by atoms with E-state index in [0.717, 1.165) is 30.7 Å². The van der Waals surface area contributed by atoms with Gasteiger partial charge < -0.3 is 4.74 Å². The molecule has 1 aromatic carbocycles. The minimum atomic E-state index is 0.110. The molecule has 0 amide bonds. The van der Waals surface area contributed by atoms with Crippen molar-refractivity contribution in [1.82, 2.24) is 4.98 Å². The van der Waals surface area contributed by atoms with E-state index < -0.39 is 0 Å². The highest BCUT2D eigenvalue weighted by atomic mass is 35.5. The lowest BCUT2D eigenvalue weighted by molar-refractivity contribution is 0.119. The molecule has 1 fully saturated rings. The second-order valence-corrected chi connectivity index (χ2v) is 5.92. The first-order chi connectivity index (χ1) is 9.22. The maximum atomic E-state index is 6.52. The SMILES string of the molecule is CC1CC(C(Cl)Cc2ccc3ccccc3n2)CO1. The van der Waals surface area contributed by atoms with E-state index in [1.165, 1.54) is 5.39 Å². The first kappa shape index (κ1) is 12.9. The van der Waals surface area contributed by atoms with Gasteiger partial charge in [0.15, 0.2) is 0 Å². The number of fused-ring (bicyclic) bond motifs is 1. The second-order valence-electron chi connectivity index (χ2n) is 5.36. The summed E-state index contributed by atoms with van der Waals surface area (Å²) >= 11 is 6.52. The molecule has 1 aliphatic rings. The van der Waals surface area contributed by atoms with Crippen molar-refractivity contribution < 1.29 is 4.74 Å². The highest BCUT2D eigenvalue weighted by molar-refractivity contribution is 6.20. The fourth-order valence-corrected chi connectivity index (χ4v) is 3.02. The quantitative estimate of drug-likeness (QED) is 0.795. The van der Waals surface area contributed by atoms with E-state index in [1.54, 1.807) is 0 Å². The largest absolute Gasteiger partial charge is 0.378 e. The average molecular weight is 276 g/mol. The van der Waals surface area contributed by atoms with Crippen LogP contribution in [0.1, 0.15) is 19.0 Å². The third-order valence-corrected chi connectivity index (χ3v) is 4.31. The fourth-order valence-electron chi connectivity index (χ4n) is 2.69. The Kier molecular flexibility index (Phi) is 3.72. The molecule has 2 heterocycles. The molecule has 1 aromatic heterocycles. The van der Waals surface area contributed by atoms with Gasteiger partial charge in [-0.05, 0) is 25.5 Å². The molecule has 3 rings (SSSR count). The monoisotopic (exact) mass is 275 g/mol. The maximum absolute atomic E-state index is 6.52. The molecule has 0 spiro atoms. The van der Waals surface area contributed by atoms with Crippen molar-refractivity contribution in [1.29, 1.82) is 0 Å². The third-order valence-electron chi connectivity index (χ3n) is 3.80. The fraction of sp³-hybridized carbons (Fsp3) is 0.438. The summed E-state index contributed by atoms with van der Waals surface area (Å²) in [6.45, 7) is 2.89. The van der Waals surface area contributed by atoms with Gasteiger partial charge in [0.05, 0.1) is 18.2 Å². The molecule has 2 aromatic rings. The van der Waals surface area contributed by atoms with E-state index in [1.807, 2.05) is 18.2 Å². The molecule has 0 aliphatic carbocycles. The highest BCUT2D eigenvalue weighted by Crippen LogP contribution is 2.27. The van der Waals surface area contributed by atoms with Crippen LogP contribution < -0.4 is 0 Å². The number of benzene rings is 1. The van der Waals surface area contributed by atoms with Crippen molar-refractivity contribution in [2.45, 2.75) is 31.2 Å². The Balaban J connectivity index is 1.74. The Hall–Kier alpha value is -1.12. The van der Waals surface area contributed by atoms with Crippen LogP contribution in [-0.2, 0) is 11.2 Å². The van der Waals surface area contributed by atoms with Crippen LogP contribution in [0.2, 0.25) is 0 Å². The zero-order chi connectivity index (χ0) is 13.2. The van der Waals surface area contributed by atoms with Crippen molar-refractivity contribution in [3.05, 3.63) is 42.1 Å². The standard InChI is InChI=1S/C16H18ClNO/c1-11-8-13(10-19-11)15(17)9-14-7-6-12-4-2-3-5-16(12)18-14/h2-7,11,13,15H,8-10H2,1H3. The Labute approximate surface area is 118 Å². The van der Waals surface area contributed by atoms with Gasteiger partial charge in [-0.3, -0.25) is 4.98 Å². The number of nitrogens with zero attached hydrogens (tertiary/aromatic N) is 1. The number of alkyl halides is 1. The van der Waals surface area contributed by atoms with E-state index in [9.17, 15) is 0 Å². The lowest BCUT2D eigenvalue weighted by atomic mass is 9.98. The number of hydrogen-bond donors (Lipinski definition) is 0. The molecule has 19 heavy (non-hydrogen) atoms. The predicted octanol–water partition coefficient (Wildman–Crippen LogP) is 3.81. The average Bonchev–Trinajstić information content (AvgIpc) is 2.85. The predicted molar refractivity (Wildman–Crippen MR) is 78.6 cm³/mol. The van der Waals surface area contributed by atoms with Crippen LogP contribution in [0.5, 0.6) is 0 Å². The lowest BCUT2D eigenvalue weighted by Gasteiger charge is -2.15. The second kappa shape index (κ2) is 5.48. The van der Waals surface area contributed by atoms with Gasteiger partial charge in [0.2, 0.25) is 0 Å². The summed E-state index contributed by atoms with van der Waals surface area (Å²) in [5.74, 6) is 0.449. The number of rotatable bonds is 3. The van der Waals surface area contributed by atoms with Gasteiger partial charge in [-0.2, -0.15) is 0 Å². The summed E-state index contributed by atoms with van der Waals surface area (Å²) in [7, 11) is 0. The summed E-state index contributed by atoms with van der Waals surface area (Å²) in [5.41, 5.74) is 2.11. The third kappa shape index (κ3) is 2.90. The maximum Gasteiger partial charge on any atom is 0.0705 e. The molecule has 0 saturated carbocycles. The van der Waals surface area contributed by atoms with E-state index >= 15 is 0 Å². The van der Waals surface area contributed by atoms with Crippen LogP contribution in [0.4, 0.5) is 0 Å². The molecule has 1 saturated heterocycles. The number of hydrogen-bond acceptors (Lipinski definition) is 2. The molecule has 3 heteroatoms. The summed E-state index contributed by atoms with van der Waals surface area (Å²) in [6, 6.07) is 12.4. The zero-order valence-electron chi connectivity index (χ0n) is 11.1. The van der Waals surface area contributed by atoms with E-state index in [-0.39, 0.29) is 5.38 Å². The van der Waals surface area contributed by atoms with Gasteiger partial charge in [-0.15, -0.1) is 11.6 Å². The van der Waals surface area contributed by atoms with Gasteiger partial charge in [-0.25, -0.2) is 0 Å². The molecule has 3 unspecified atom stereocenters. The minimum absolute atomic E-state index is 0.110. The van der Waals surface area contributed by atoms with Crippen LogP contribution in [0.3, 0.4) is 0 Å². The normalized spacial score (nSPS) is 24.7. The van der Waals surface area contributed by atoms with E-state index in [2.05, 4.69) is 30.1 Å². The number of pyridine rings is 1. The van der Waals surface area contributed by atoms with Gasteiger partial charge in [0.25, 0.3) is 0 Å². The van der Waals surface area contributed by atoms with Crippen molar-refractivity contribution in [3.8, 4) is 0 Å². The Morgan fingerprint density at radius 2 is 2.16 bits per heavy atom. The Morgan fingerprint density at radius 1 is 1.32 bits per heavy atom. The van der Waals surface area contributed by atoms with Crippen molar-refractivity contribution in [3.63, 3.8) is 0 Å². The summed E-state index contributed by atoms with van der Waals surface area (Å²) in [6.07, 6.45) is 2.21. The van der Waals surface area contributed by atoms with Crippen LogP contribution in [0.25, 0.3) is 10.9 Å². The Bertz CT molecular complexity index is 571. The smallest absolute Gasteiger partial charge is 0.0705 e. The molecular formula is C16H18ClNO. The first-order valence-electron chi connectivity index (χ1n) is 6.83. The number of ether oxygens (including phenoxy) is 1. The number of aromatic nitrogens is 1. The molecule has 1 aliphatic heterocycles. The number of para-hydroxylation sites is 1. The van der Waals surface area contributed by atoms with E-state index in [4.69, 9.17) is 16.3 Å². The minimum Gasteiger partial charge on any atom is -0.378 e. The van der Waals surface area contributed by atoms with E-state index in [0.29, 0.717) is 12.0 Å². The molecule has 100 valence electrons. The van der Waals surface area contributed by atoms with Crippen molar-refractivity contribution in [2.75, 3.05) is 6.61 Å². The van der Waals surface area contributed by atoms with Gasteiger partial charge in [0, 0.05) is 28.8 Å². The summed E-state index contributed by atoms with van der Waals surface area (Å²) in [5, 5.41) is 1.29. The van der Waals surface area contributed by atoms with Crippen molar-refractivity contribution >= 4 is 22.5 Å². The first-order valence-corrected chi connectivity index (χ1v) is 7.26. The van der Waals surface area contributed by atoms with Gasteiger partial charge in [0.1, 0.15) is 0 Å². The molecule has 0 N–H and O–H groups in total. The highest BCUT2D eigenvalue weighted by Gasteiger charge is 2.28. The lowest BCUT2D eigenvalue weighted by Crippen LogP contribution is -2.18. The summed E-state index contributed by atoms with van der Waals surface area (Å²) < 4.78 is 5.59. The molecule has 0 radical (unpaired) electrons. The molecule has 0 bridgehead atoms. The van der Waals surface area contributed by atoms with Gasteiger partial charge >= 0.3 is 0 Å². The summed E-state index contributed by atoms with van der Waals surface area (Å²) in [4.78, 5) is 4.68. The molecule has 2 nitrogen and oxygen atoms in total. The Morgan fingerprint density at radius 3 is 2.95 bits per heavy atom. The molecule has 3 atom stereocenters. The van der Waals surface area contributed by atoms with Crippen LogP contribution >= 0.6 is 11.6 Å². The van der Waals surface area contributed by atoms with Crippen molar-refractivity contribution in [2.24, 2.45) is 5.92 Å². The van der Waals surface area contributed by atoms with Crippen LogP contribution in [0.15, 0.2) is 36.4 Å². The topological polar surface area (TPSA) is 22.1 Å². The zero-order valence-corrected chi connectivity index (χ0v) is 11.8. The van der Waals surface area contributed by atoms with Gasteiger partial charge in [-0.1, -0.05) is 24.3 Å². The molecular weight excluding hydrogens is 258 g/mol. The number of halogens is 1. The van der Waals surface area contributed by atoms with Crippen LogP contribution in [0, 0.1) is 5.92 Å².